The average molecular weight is 282 g/mol. The number of anilines is 1. The maximum absolute atomic E-state index is 5.27. The molecule has 3 rings (SSSR count). The summed E-state index contributed by atoms with van der Waals surface area (Å²) >= 11 is 0. The summed E-state index contributed by atoms with van der Waals surface area (Å²) in [7, 11) is 3.30. The Morgan fingerprint density at radius 2 is 1.71 bits per heavy atom. The van der Waals surface area contributed by atoms with E-state index in [-0.39, 0.29) is 0 Å². The van der Waals surface area contributed by atoms with Crippen LogP contribution in [0.15, 0.2) is 48.7 Å². The number of hydrogen-bond donors (Lipinski definition) is 2. The van der Waals surface area contributed by atoms with E-state index in [9.17, 15) is 0 Å². The van der Waals surface area contributed by atoms with Crippen molar-refractivity contribution in [1.82, 2.24) is 4.98 Å². The van der Waals surface area contributed by atoms with E-state index in [2.05, 4.69) is 34.6 Å². The number of H-pyrrole nitrogens is 1. The number of hydrogen-bond acceptors (Lipinski definition) is 3. The van der Waals surface area contributed by atoms with E-state index < -0.39 is 0 Å². The second-order valence-corrected chi connectivity index (χ2v) is 4.85. The third kappa shape index (κ3) is 2.94. The summed E-state index contributed by atoms with van der Waals surface area (Å²) in [5, 5.41) is 4.62. The Morgan fingerprint density at radius 3 is 2.43 bits per heavy atom. The molecule has 0 aliphatic rings. The number of aromatic amines is 1. The van der Waals surface area contributed by atoms with Gasteiger partial charge in [-0.2, -0.15) is 0 Å². The molecule has 2 N–H and O–H groups in total. The molecule has 1 heterocycles. The Kier molecular flexibility index (Phi) is 3.69. The van der Waals surface area contributed by atoms with Crippen molar-refractivity contribution in [2.24, 2.45) is 0 Å². The highest BCUT2D eigenvalue weighted by atomic mass is 16.5. The van der Waals surface area contributed by atoms with Crippen LogP contribution in [0.25, 0.3) is 10.9 Å². The molecule has 4 heteroatoms. The fourth-order valence-electron chi connectivity index (χ4n) is 2.32. The molecule has 0 bridgehead atoms. The van der Waals surface area contributed by atoms with Crippen LogP contribution in [-0.4, -0.2) is 19.2 Å². The molecule has 0 unspecified atom stereocenters. The number of ether oxygens (including phenoxy) is 2. The molecule has 0 amide bonds. The van der Waals surface area contributed by atoms with Gasteiger partial charge in [-0.05, 0) is 23.1 Å². The number of rotatable bonds is 5. The predicted molar refractivity (Wildman–Crippen MR) is 85.2 cm³/mol. The zero-order valence-electron chi connectivity index (χ0n) is 12.1. The van der Waals surface area contributed by atoms with Gasteiger partial charge in [-0.3, -0.25) is 0 Å². The lowest BCUT2D eigenvalue weighted by Gasteiger charge is -2.11. The van der Waals surface area contributed by atoms with Crippen LogP contribution in [-0.2, 0) is 6.54 Å². The third-order valence-corrected chi connectivity index (χ3v) is 3.47. The molecule has 108 valence electrons. The highest BCUT2D eigenvalue weighted by Gasteiger charge is 2.02. The van der Waals surface area contributed by atoms with E-state index in [1.165, 1.54) is 10.9 Å². The van der Waals surface area contributed by atoms with Gasteiger partial charge < -0.3 is 19.8 Å². The van der Waals surface area contributed by atoms with E-state index in [1.54, 1.807) is 14.2 Å². The zero-order valence-corrected chi connectivity index (χ0v) is 12.1. The Balaban J connectivity index is 1.77. The van der Waals surface area contributed by atoms with Crippen LogP contribution < -0.4 is 14.8 Å². The molecule has 0 fully saturated rings. The van der Waals surface area contributed by atoms with Crippen molar-refractivity contribution in [3.63, 3.8) is 0 Å². The quantitative estimate of drug-likeness (QED) is 0.748. The standard InChI is InChI=1S/C17H18N2O2/c1-20-15-8-14(9-16(10-15)21-2)19-11-12-3-4-13-5-6-18-17(13)7-12/h3-10,18-19H,11H2,1-2H3. The molecule has 2 aromatic carbocycles. The van der Waals surface area contributed by atoms with Gasteiger partial charge in [0.05, 0.1) is 14.2 Å². The Bertz CT molecular complexity index is 727. The van der Waals surface area contributed by atoms with Crippen molar-refractivity contribution >= 4 is 16.6 Å². The molecular formula is C17H18N2O2. The summed E-state index contributed by atoms with van der Waals surface area (Å²) in [4.78, 5) is 3.23. The summed E-state index contributed by atoms with van der Waals surface area (Å²) in [6.07, 6.45) is 1.95. The summed E-state index contributed by atoms with van der Waals surface area (Å²) in [6.45, 7) is 0.741. The van der Waals surface area contributed by atoms with E-state index in [0.29, 0.717) is 0 Å². The Hall–Kier alpha value is -2.62. The van der Waals surface area contributed by atoms with Crippen LogP contribution in [0.2, 0.25) is 0 Å². The van der Waals surface area contributed by atoms with Gasteiger partial charge in [-0.1, -0.05) is 12.1 Å². The molecule has 1 aromatic heterocycles. The highest BCUT2D eigenvalue weighted by Crippen LogP contribution is 2.26. The summed E-state index contributed by atoms with van der Waals surface area (Å²) in [5.41, 5.74) is 3.34. The van der Waals surface area contributed by atoms with Crippen LogP contribution >= 0.6 is 0 Å². The van der Waals surface area contributed by atoms with Gasteiger partial charge in [0.25, 0.3) is 0 Å². The molecule has 3 aromatic rings. The molecule has 0 saturated carbocycles. The third-order valence-electron chi connectivity index (χ3n) is 3.47. The normalized spacial score (nSPS) is 10.6. The number of fused-ring (bicyclic) bond motifs is 1. The van der Waals surface area contributed by atoms with Gasteiger partial charge in [0.15, 0.2) is 0 Å². The monoisotopic (exact) mass is 282 g/mol. The molecular weight excluding hydrogens is 264 g/mol. The van der Waals surface area contributed by atoms with Gasteiger partial charge >= 0.3 is 0 Å². The molecule has 4 nitrogen and oxygen atoms in total. The van der Waals surface area contributed by atoms with Crippen LogP contribution in [0.1, 0.15) is 5.56 Å². The fourth-order valence-corrected chi connectivity index (χ4v) is 2.32. The van der Waals surface area contributed by atoms with Gasteiger partial charge in [-0.15, -0.1) is 0 Å². The Labute approximate surface area is 123 Å². The first-order valence-corrected chi connectivity index (χ1v) is 6.81. The minimum Gasteiger partial charge on any atom is -0.497 e. The van der Waals surface area contributed by atoms with Crippen LogP contribution in [0.3, 0.4) is 0 Å². The lowest BCUT2D eigenvalue weighted by molar-refractivity contribution is 0.394. The number of methoxy groups -OCH3 is 2. The number of aromatic nitrogens is 1. The van der Waals surface area contributed by atoms with Gasteiger partial charge in [0.2, 0.25) is 0 Å². The minimum atomic E-state index is 0.741. The summed E-state index contributed by atoms with van der Waals surface area (Å²) in [5.74, 6) is 1.55. The van der Waals surface area contributed by atoms with E-state index in [0.717, 1.165) is 29.2 Å². The van der Waals surface area contributed by atoms with E-state index in [1.807, 2.05) is 24.4 Å². The first-order valence-electron chi connectivity index (χ1n) is 6.81. The molecule has 0 spiro atoms. The molecule has 21 heavy (non-hydrogen) atoms. The van der Waals surface area contributed by atoms with Crippen molar-refractivity contribution in [2.45, 2.75) is 6.54 Å². The first kappa shape index (κ1) is 13.4. The van der Waals surface area contributed by atoms with Gasteiger partial charge in [-0.25, -0.2) is 0 Å². The predicted octanol–water partition coefficient (Wildman–Crippen LogP) is 3.80. The lowest BCUT2D eigenvalue weighted by Crippen LogP contribution is -2.00. The van der Waals surface area contributed by atoms with Crippen molar-refractivity contribution in [2.75, 3.05) is 19.5 Å². The van der Waals surface area contributed by atoms with Crippen molar-refractivity contribution in [3.05, 3.63) is 54.2 Å². The molecule has 0 saturated heterocycles. The number of benzene rings is 2. The van der Waals surface area contributed by atoms with Crippen molar-refractivity contribution < 1.29 is 9.47 Å². The maximum atomic E-state index is 5.27. The molecule has 0 radical (unpaired) electrons. The highest BCUT2D eigenvalue weighted by molar-refractivity contribution is 5.79. The zero-order chi connectivity index (χ0) is 14.7. The van der Waals surface area contributed by atoms with Crippen molar-refractivity contribution in [3.8, 4) is 11.5 Å². The molecule has 0 aliphatic heterocycles. The van der Waals surface area contributed by atoms with Crippen LogP contribution in [0.4, 0.5) is 5.69 Å². The largest absolute Gasteiger partial charge is 0.497 e. The number of nitrogens with one attached hydrogen (secondary N) is 2. The van der Waals surface area contributed by atoms with Crippen LogP contribution in [0.5, 0.6) is 11.5 Å². The summed E-state index contributed by atoms with van der Waals surface area (Å²) in [6, 6.07) is 14.2. The van der Waals surface area contributed by atoms with Crippen LogP contribution in [0, 0.1) is 0 Å². The first-order chi connectivity index (χ1) is 10.3. The Morgan fingerprint density at radius 1 is 0.952 bits per heavy atom. The second-order valence-electron chi connectivity index (χ2n) is 4.85. The fraction of sp³-hybridized carbons (Fsp3) is 0.176. The lowest BCUT2D eigenvalue weighted by atomic mass is 10.1. The average Bonchev–Trinajstić information content (AvgIpc) is 3.00. The SMILES string of the molecule is COc1cc(NCc2ccc3cc[nH]c3c2)cc(OC)c1. The smallest absolute Gasteiger partial charge is 0.124 e. The topological polar surface area (TPSA) is 46.3 Å². The van der Waals surface area contributed by atoms with Crippen molar-refractivity contribution in [1.29, 1.82) is 0 Å². The molecule has 0 aliphatic carbocycles. The maximum Gasteiger partial charge on any atom is 0.124 e. The second kappa shape index (κ2) is 5.79. The van der Waals surface area contributed by atoms with Gasteiger partial charge in [0.1, 0.15) is 11.5 Å². The summed E-state index contributed by atoms with van der Waals surface area (Å²) < 4.78 is 10.5. The minimum absolute atomic E-state index is 0.741. The van der Waals surface area contributed by atoms with E-state index in [4.69, 9.17) is 9.47 Å². The van der Waals surface area contributed by atoms with Gasteiger partial charge in [0, 0.05) is 42.1 Å². The molecule has 0 atom stereocenters. The van der Waals surface area contributed by atoms with E-state index >= 15 is 0 Å².